The molecule has 0 saturated heterocycles. The van der Waals surface area contributed by atoms with Crippen LogP contribution in [-0.2, 0) is 5.54 Å². The predicted octanol–water partition coefficient (Wildman–Crippen LogP) is 5.31. The minimum atomic E-state index is -0.165. The van der Waals surface area contributed by atoms with E-state index < -0.39 is 0 Å². The average Bonchev–Trinajstić information content (AvgIpc) is 3.36. The Labute approximate surface area is 183 Å². The van der Waals surface area contributed by atoms with Crippen LogP contribution >= 0.6 is 0 Å². The van der Waals surface area contributed by atoms with E-state index in [9.17, 15) is 0 Å². The van der Waals surface area contributed by atoms with Crippen LogP contribution < -0.4 is 10.1 Å². The van der Waals surface area contributed by atoms with E-state index in [4.69, 9.17) is 9.84 Å². The van der Waals surface area contributed by atoms with Gasteiger partial charge in [0.05, 0.1) is 17.4 Å². The molecule has 0 aromatic carbocycles. The summed E-state index contributed by atoms with van der Waals surface area (Å²) in [5.74, 6) is 2.63. The first kappa shape index (κ1) is 21.0. The van der Waals surface area contributed by atoms with Gasteiger partial charge < -0.3 is 10.1 Å². The number of anilines is 2. The molecule has 0 bridgehead atoms. The predicted molar refractivity (Wildman–Crippen MR) is 122 cm³/mol. The first-order valence-electron chi connectivity index (χ1n) is 10.7. The lowest BCUT2D eigenvalue weighted by Gasteiger charge is -2.22. The second-order valence-corrected chi connectivity index (χ2v) is 9.14. The molecular formula is C24H30N6O. The lowest BCUT2D eigenvalue weighted by atomic mass is 10.0. The van der Waals surface area contributed by atoms with Gasteiger partial charge in [0.2, 0.25) is 5.88 Å². The van der Waals surface area contributed by atoms with Gasteiger partial charge in [0.25, 0.3) is 0 Å². The molecule has 162 valence electrons. The number of aromatic nitrogens is 5. The zero-order chi connectivity index (χ0) is 22.0. The molecular weight excluding hydrogens is 388 g/mol. The lowest BCUT2D eigenvalue weighted by Crippen LogP contribution is -2.25. The summed E-state index contributed by atoms with van der Waals surface area (Å²) in [6, 6.07) is 6.05. The Morgan fingerprint density at radius 1 is 1.19 bits per heavy atom. The van der Waals surface area contributed by atoms with E-state index in [0.717, 1.165) is 41.9 Å². The van der Waals surface area contributed by atoms with E-state index in [1.165, 1.54) is 0 Å². The van der Waals surface area contributed by atoms with E-state index in [1.807, 2.05) is 23.7 Å². The van der Waals surface area contributed by atoms with Crippen molar-refractivity contribution < 1.29 is 4.74 Å². The number of hydrogen-bond donors (Lipinski definition) is 1. The molecule has 1 fully saturated rings. The summed E-state index contributed by atoms with van der Waals surface area (Å²) in [5, 5.41) is 8.34. The first-order chi connectivity index (χ1) is 14.8. The van der Waals surface area contributed by atoms with Crippen molar-refractivity contribution in [3.8, 4) is 5.88 Å². The molecule has 3 heterocycles. The highest BCUT2D eigenvalue weighted by Gasteiger charge is 2.31. The van der Waals surface area contributed by atoms with E-state index in [0.29, 0.717) is 17.6 Å². The van der Waals surface area contributed by atoms with Crippen molar-refractivity contribution in [2.24, 2.45) is 0 Å². The van der Waals surface area contributed by atoms with Crippen LogP contribution in [-0.4, -0.2) is 30.8 Å². The quantitative estimate of drug-likeness (QED) is 0.584. The first-order valence-corrected chi connectivity index (χ1v) is 10.7. The highest BCUT2D eigenvalue weighted by molar-refractivity contribution is 5.65. The fourth-order valence-electron chi connectivity index (χ4n) is 3.98. The Morgan fingerprint density at radius 3 is 2.74 bits per heavy atom. The Kier molecular flexibility index (Phi) is 5.76. The molecule has 0 spiro atoms. The lowest BCUT2D eigenvalue weighted by molar-refractivity contribution is 0.198. The van der Waals surface area contributed by atoms with Crippen molar-refractivity contribution in [2.75, 3.05) is 5.32 Å². The molecule has 2 atom stereocenters. The van der Waals surface area contributed by atoms with Gasteiger partial charge in [-0.15, -0.1) is 0 Å². The van der Waals surface area contributed by atoms with Crippen LogP contribution in [0.25, 0.3) is 5.57 Å². The number of nitrogens with zero attached hydrogens (tertiary/aromatic N) is 5. The number of ether oxygens (including phenoxy) is 1. The SMILES string of the molecule is C=C(C)c1cccnc1OC1CCC(c2cc(Nc3cnccn3)n(C(C)(C)C)n2)C1. The molecule has 1 N–H and O–H groups in total. The maximum absolute atomic E-state index is 6.28. The Morgan fingerprint density at radius 2 is 2.03 bits per heavy atom. The summed E-state index contributed by atoms with van der Waals surface area (Å²) in [7, 11) is 0. The van der Waals surface area contributed by atoms with Gasteiger partial charge in [0, 0.05) is 36.1 Å². The van der Waals surface area contributed by atoms with Crippen LogP contribution in [0.2, 0.25) is 0 Å². The third-order valence-electron chi connectivity index (χ3n) is 5.50. The molecule has 4 rings (SSSR count). The number of pyridine rings is 1. The topological polar surface area (TPSA) is 77.8 Å². The van der Waals surface area contributed by atoms with E-state index in [2.05, 4.69) is 53.7 Å². The van der Waals surface area contributed by atoms with Crippen molar-refractivity contribution in [3.63, 3.8) is 0 Å². The van der Waals surface area contributed by atoms with E-state index >= 15 is 0 Å². The standard InChI is InChI=1S/C24H30N6O/c1-16(2)19-7-6-10-27-23(19)31-18-9-8-17(13-18)20-14-22(30(29-20)24(3,4)5)28-21-15-25-11-12-26-21/h6-7,10-12,14-15,17-18H,1,8-9,13H2,2-5H3,(H,26,28). The molecule has 3 aromatic heterocycles. The molecule has 0 aliphatic heterocycles. The van der Waals surface area contributed by atoms with Crippen LogP contribution in [0.4, 0.5) is 11.6 Å². The smallest absolute Gasteiger partial charge is 0.221 e. The van der Waals surface area contributed by atoms with Crippen molar-refractivity contribution >= 4 is 17.2 Å². The van der Waals surface area contributed by atoms with Gasteiger partial charge in [-0.3, -0.25) is 4.98 Å². The van der Waals surface area contributed by atoms with Crippen LogP contribution in [0, 0.1) is 0 Å². The summed E-state index contributed by atoms with van der Waals surface area (Å²) in [6.07, 6.45) is 9.87. The molecule has 1 saturated carbocycles. The van der Waals surface area contributed by atoms with Gasteiger partial charge in [-0.1, -0.05) is 6.58 Å². The zero-order valence-corrected chi connectivity index (χ0v) is 18.7. The molecule has 7 heteroatoms. The van der Waals surface area contributed by atoms with Crippen molar-refractivity contribution in [2.45, 2.75) is 64.5 Å². The number of nitrogens with one attached hydrogen (secondary N) is 1. The highest BCUT2D eigenvalue weighted by Crippen LogP contribution is 2.38. The summed E-state index contributed by atoms with van der Waals surface area (Å²) < 4.78 is 8.31. The maximum Gasteiger partial charge on any atom is 0.221 e. The molecule has 3 aromatic rings. The summed E-state index contributed by atoms with van der Waals surface area (Å²) in [4.78, 5) is 12.9. The van der Waals surface area contributed by atoms with Crippen LogP contribution in [0.1, 0.15) is 64.1 Å². The van der Waals surface area contributed by atoms with Gasteiger partial charge in [0.15, 0.2) is 0 Å². The molecule has 31 heavy (non-hydrogen) atoms. The fraction of sp³-hybridized carbons (Fsp3) is 0.417. The average molecular weight is 419 g/mol. The van der Waals surface area contributed by atoms with Gasteiger partial charge in [0.1, 0.15) is 17.7 Å². The van der Waals surface area contributed by atoms with Crippen LogP contribution in [0.15, 0.2) is 49.6 Å². The second kappa shape index (κ2) is 8.49. The molecule has 1 aliphatic rings. The van der Waals surface area contributed by atoms with Crippen LogP contribution in [0.3, 0.4) is 0 Å². The van der Waals surface area contributed by atoms with Gasteiger partial charge in [-0.05, 0) is 64.7 Å². The van der Waals surface area contributed by atoms with E-state index in [1.54, 1.807) is 24.8 Å². The van der Waals surface area contributed by atoms with Gasteiger partial charge in [-0.25, -0.2) is 14.6 Å². The highest BCUT2D eigenvalue weighted by atomic mass is 16.5. The van der Waals surface area contributed by atoms with Crippen molar-refractivity contribution in [1.29, 1.82) is 0 Å². The molecule has 1 aliphatic carbocycles. The van der Waals surface area contributed by atoms with Crippen molar-refractivity contribution in [3.05, 3.63) is 60.8 Å². The minimum absolute atomic E-state index is 0.120. The monoisotopic (exact) mass is 418 g/mol. The van der Waals surface area contributed by atoms with Crippen LogP contribution in [0.5, 0.6) is 5.88 Å². The fourth-order valence-corrected chi connectivity index (χ4v) is 3.98. The molecule has 0 radical (unpaired) electrons. The zero-order valence-electron chi connectivity index (χ0n) is 18.7. The Balaban J connectivity index is 1.52. The molecule has 0 amide bonds. The number of allylic oxidation sites excluding steroid dienone is 1. The molecule has 2 unspecified atom stereocenters. The third-order valence-corrected chi connectivity index (χ3v) is 5.50. The summed E-state index contributed by atoms with van der Waals surface area (Å²) >= 11 is 0. The van der Waals surface area contributed by atoms with Crippen molar-refractivity contribution in [1.82, 2.24) is 24.7 Å². The third kappa shape index (κ3) is 4.76. The second-order valence-electron chi connectivity index (χ2n) is 9.14. The number of rotatable bonds is 6. The summed E-state index contributed by atoms with van der Waals surface area (Å²) in [6.45, 7) is 12.5. The van der Waals surface area contributed by atoms with Gasteiger partial charge in [-0.2, -0.15) is 5.10 Å². The molecule has 7 nitrogen and oxygen atoms in total. The minimum Gasteiger partial charge on any atom is -0.474 e. The number of hydrogen-bond acceptors (Lipinski definition) is 6. The maximum atomic E-state index is 6.28. The van der Waals surface area contributed by atoms with E-state index in [-0.39, 0.29) is 11.6 Å². The normalized spacial score (nSPS) is 18.7. The summed E-state index contributed by atoms with van der Waals surface area (Å²) in [5.41, 5.74) is 2.84. The largest absolute Gasteiger partial charge is 0.474 e. The Bertz CT molecular complexity index is 1050. The van der Waals surface area contributed by atoms with Gasteiger partial charge >= 0.3 is 0 Å². The Hall–Kier alpha value is -3.22.